The number of nitrogens with zero attached hydrogens (tertiary/aromatic N) is 2. The van der Waals surface area contributed by atoms with Crippen LogP contribution in [0.4, 0.5) is 4.39 Å². The summed E-state index contributed by atoms with van der Waals surface area (Å²) < 4.78 is 27.1. The smallest absolute Gasteiger partial charge is 0.274 e. The Labute approximate surface area is 199 Å². The molecular weight excluding hydrogens is 451 g/mol. The maximum absolute atomic E-state index is 13.2. The second-order valence-corrected chi connectivity index (χ2v) is 8.76. The number of para-hydroxylation sites is 2. The lowest BCUT2D eigenvalue weighted by Gasteiger charge is -2.16. The van der Waals surface area contributed by atoms with Gasteiger partial charge in [-0.1, -0.05) is 41.7 Å². The molecule has 0 aliphatic rings. The van der Waals surface area contributed by atoms with Crippen LogP contribution < -0.4 is 19.6 Å². The van der Waals surface area contributed by atoms with E-state index in [4.69, 9.17) is 9.47 Å². The van der Waals surface area contributed by atoms with Crippen molar-refractivity contribution >= 4 is 33.4 Å². The third kappa shape index (κ3) is 4.06. The molecule has 0 unspecified atom stereocenters. The third-order valence-corrected chi connectivity index (χ3v) is 6.45. The summed E-state index contributed by atoms with van der Waals surface area (Å²) >= 11 is 1.35. The van der Waals surface area contributed by atoms with Crippen molar-refractivity contribution in [2.24, 2.45) is 0 Å². The number of hydrogen-bond acceptors (Lipinski definition) is 5. The van der Waals surface area contributed by atoms with Gasteiger partial charge in [-0.2, -0.15) is 0 Å². The highest BCUT2D eigenvalue weighted by Crippen LogP contribution is 2.34. The number of imidazole rings is 1. The first-order chi connectivity index (χ1) is 16.6. The molecule has 34 heavy (non-hydrogen) atoms. The number of allylic oxidation sites excluding steroid dienone is 1. The van der Waals surface area contributed by atoms with Crippen LogP contribution in [0.1, 0.15) is 16.7 Å². The summed E-state index contributed by atoms with van der Waals surface area (Å²) in [5.41, 5.74) is 4.03. The number of methoxy groups -OCH3 is 1. The van der Waals surface area contributed by atoms with Crippen molar-refractivity contribution in [2.75, 3.05) is 7.11 Å². The summed E-state index contributed by atoms with van der Waals surface area (Å²) in [5, 5.41) is 0. The first kappa shape index (κ1) is 21.9. The number of hydrogen-bond donors (Lipinski definition) is 0. The van der Waals surface area contributed by atoms with E-state index < -0.39 is 0 Å². The van der Waals surface area contributed by atoms with E-state index in [1.165, 1.54) is 23.5 Å². The van der Waals surface area contributed by atoms with Gasteiger partial charge in [0.25, 0.3) is 5.56 Å². The third-order valence-electron chi connectivity index (χ3n) is 5.48. The minimum absolute atomic E-state index is 0.102. The van der Waals surface area contributed by atoms with E-state index in [0.29, 0.717) is 27.4 Å². The van der Waals surface area contributed by atoms with Crippen LogP contribution in [-0.4, -0.2) is 16.5 Å². The number of halogens is 1. The molecule has 5 rings (SSSR count). The molecule has 0 radical (unpaired) electrons. The van der Waals surface area contributed by atoms with E-state index in [2.05, 4.69) is 11.6 Å². The number of benzene rings is 3. The lowest BCUT2D eigenvalue weighted by molar-refractivity contribution is 0.282. The van der Waals surface area contributed by atoms with Crippen LogP contribution in [0.15, 0.2) is 78.1 Å². The van der Waals surface area contributed by atoms with Crippen LogP contribution in [0.3, 0.4) is 0 Å². The fourth-order valence-corrected chi connectivity index (χ4v) is 4.88. The Morgan fingerprint density at radius 2 is 1.94 bits per heavy atom. The highest BCUT2D eigenvalue weighted by Gasteiger charge is 2.14. The largest absolute Gasteiger partial charge is 0.493 e. The summed E-state index contributed by atoms with van der Waals surface area (Å²) in [6.45, 7) is 4.12. The zero-order chi connectivity index (χ0) is 23.7. The lowest BCUT2D eigenvalue weighted by atomic mass is 10.1. The zero-order valence-corrected chi connectivity index (χ0v) is 19.3. The average Bonchev–Trinajstić information content (AvgIpc) is 3.35. The van der Waals surface area contributed by atoms with E-state index in [9.17, 15) is 9.18 Å². The van der Waals surface area contributed by atoms with Crippen molar-refractivity contribution in [2.45, 2.75) is 13.0 Å². The van der Waals surface area contributed by atoms with Crippen LogP contribution in [0.5, 0.6) is 11.5 Å². The SMILES string of the molecule is C=CCc1cc(/C=c2\sc3nc4ccccc4n3c2=O)cc(OC)c1OCc1ccc(F)cc1. The molecule has 2 heterocycles. The minimum atomic E-state index is -0.291. The second-order valence-electron chi connectivity index (χ2n) is 7.75. The molecule has 5 aromatic rings. The topological polar surface area (TPSA) is 52.8 Å². The second kappa shape index (κ2) is 9.11. The minimum Gasteiger partial charge on any atom is -0.493 e. The van der Waals surface area contributed by atoms with Gasteiger partial charge in [0.05, 0.1) is 22.7 Å². The molecule has 170 valence electrons. The molecular formula is C27H21FN2O3S. The van der Waals surface area contributed by atoms with Gasteiger partial charge in [-0.3, -0.25) is 4.79 Å². The Kier molecular flexibility index (Phi) is 5.86. The number of thiazole rings is 1. The molecule has 0 saturated carbocycles. The van der Waals surface area contributed by atoms with Crippen molar-refractivity contribution < 1.29 is 13.9 Å². The lowest BCUT2D eigenvalue weighted by Crippen LogP contribution is -2.22. The predicted octanol–water partition coefficient (Wildman–Crippen LogP) is 4.91. The maximum atomic E-state index is 13.2. The first-order valence-electron chi connectivity index (χ1n) is 10.7. The molecule has 0 fully saturated rings. The normalized spacial score (nSPS) is 11.9. The molecule has 0 aliphatic carbocycles. The molecule has 0 N–H and O–H groups in total. The average molecular weight is 473 g/mol. The number of aromatic nitrogens is 2. The number of ether oxygens (including phenoxy) is 2. The molecule has 0 aliphatic heterocycles. The van der Waals surface area contributed by atoms with E-state index in [0.717, 1.165) is 27.7 Å². The standard InChI is InChI=1S/C27H21FN2O3S/c1-3-6-19-13-18(14-23(32-2)25(19)33-16-17-9-11-20(28)12-10-17)15-24-26(31)30-22-8-5-4-7-21(22)29-27(30)34-24/h3-5,7-15H,1,6,16H2,2H3/b24-15-. The van der Waals surface area contributed by atoms with Crippen molar-refractivity contribution in [3.05, 3.63) is 111 Å². The van der Waals surface area contributed by atoms with E-state index in [1.807, 2.05) is 42.5 Å². The summed E-state index contributed by atoms with van der Waals surface area (Å²) in [6.07, 6.45) is 4.18. The Bertz CT molecular complexity index is 1620. The van der Waals surface area contributed by atoms with E-state index >= 15 is 0 Å². The zero-order valence-electron chi connectivity index (χ0n) is 18.5. The van der Waals surface area contributed by atoms with Crippen molar-refractivity contribution in [3.8, 4) is 11.5 Å². The van der Waals surface area contributed by atoms with Gasteiger partial charge in [0.2, 0.25) is 0 Å². The van der Waals surface area contributed by atoms with Gasteiger partial charge in [0, 0.05) is 5.56 Å². The van der Waals surface area contributed by atoms with Gasteiger partial charge in [-0.15, -0.1) is 6.58 Å². The summed E-state index contributed by atoms with van der Waals surface area (Å²) in [4.78, 5) is 18.4. The van der Waals surface area contributed by atoms with E-state index in [-0.39, 0.29) is 18.0 Å². The van der Waals surface area contributed by atoms with Gasteiger partial charge < -0.3 is 9.47 Å². The van der Waals surface area contributed by atoms with Crippen molar-refractivity contribution in [1.29, 1.82) is 0 Å². The molecule has 5 nitrogen and oxygen atoms in total. The van der Waals surface area contributed by atoms with Gasteiger partial charge in [0.1, 0.15) is 12.4 Å². The summed E-state index contributed by atoms with van der Waals surface area (Å²) in [5.74, 6) is 0.852. The predicted molar refractivity (Wildman–Crippen MR) is 133 cm³/mol. The Hall–Kier alpha value is -3.97. The quantitative estimate of drug-likeness (QED) is 0.316. The fraction of sp³-hybridized carbons (Fsp3) is 0.111. The Morgan fingerprint density at radius 3 is 2.71 bits per heavy atom. The fourth-order valence-electron chi connectivity index (χ4n) is 3.89. The Balaban J connectivity index is 1.55. The molecule has 2 aromatic heterocycles. The first-order valence-corrected chi connectivity index (χ1v) is 11.5. The van der Waals surface area contributed by atoms with Crippen molar-refractivity contribution in [3.63, 3.8) is 0 Å². The highest BCUT2D eigenvalue weighted by atomic mass is 32.1. The van der Waals surface area contributed by atoms with Crippen LogP contribution in [-0.2, 0) is 13.0 Å². The van der Waals surface area contributed by atoms with Crippen LogP contribution in [0, 0.1) is 5.82 Å². The highest BCUT2D eigenvalue weighted by molar-refractivity contribution is 7.15. The van der Waals surface area contributed by atoms with E-state index in [1.54, 1.807) is 29.7 Å². The number of fused-ring (bicyclic) bond motifs is 3. The molecule has 7 heteroatoms. The van der Waals surface area contributed by atoms with Crippen LogP contribution >= 0.6 is 11.3 Å². The van der Waals surface area contributed by atoms with Gasteiger partial charge >= 0.3 is 0 Å². The number of rotatable bonds is 7. The Morgan fingerprint density at radius 1 is 1.15 bits per heavy atom. The van der Waals surface area contributed by atoms with Gasteiger partial charge in [-0.25, -0.2) is 13.8 Å². The van der Waals surface area contributed by atoms with Gasteiger partial charge in [-0.05, 0) is 60.0 Å². The molecule has 0 saturated heterocycles. The monoisotopic (exact) mass is 472 g/mol. The summed E-state index contributed by atoms with van der Waals surface area (Å²) in [7, 11) is 1.58. The van der Waals surface area contributed by atoms with Crippen molar-refractivity contribution in [1.82, 2.24) is 9.38 Å². The maximum Gasteiger partial charge on any atom is 0.274 e. The van der Waals surface area contributed by atoms with Gasteiger partial charge in [0.15, 0.2) is 16.5 Å². The van der Waals surface area contributed by atoms with Crippen LogP contribution in [0.25, 0.3) is 22.1 Å². The molecule has 3 aromatic carbocycles. The molecule has 0 spiro atoms. The summed E-state index contributed by atoms with van der Waals surface area (Å²) in [6, 6.07) is 17.6. The molecule has 0 amide bonds. The molecule has 0 atom stereocenters. The van der Waals surface area contributed by atoms with Crippen LogP contribution in [0.2, 0.25) is 0 Å². The molecule has 0 bridgehead atoms.